The number of benzene rings is 1. The number of aryl methyl sites for hydroxylation is 1. The minimum atomic E-state index is -0.618. The lowest BCUT2D eigenvalue weighted by atomic mass is 10.1. The van der Waals surface area contributed by atoms with Crippen molar-refractivity contribution in [1.29, 1.82) is 0 Å². The van der Waals surface area contributed by atoms with E-state index in [0.29, 0.717) is 6.54 Å². The molecular formula is C16H19N3O. The van der Waals surface area contributed by atoms with Crippen LogP contribution in [0.5, 0.6) is 0 Å². The molecule has 1 heterocycles. The van der Waals surface area contributed by atoms with Crippen LogP contribution >= 0.6 is 0 Å². The van der Waals surface area contributed by atoms with Crippen LogP contribution in [0.25, 0.3) is 0 Å². The Morgan fingerprint density at radius 2 is 1.85 bits per heavy atom. The van der Waals surface area contributed by atoms with Crippen LogP contribution in [0.3, 0.4) is 0 Å². The predicted molar refractivity (Wildman–Crippen MR) is 79.1 cm³/mol. The number of hydrogen-bond acceptors (Lipinski definition) is 3. The maximum Gasteiger partial charge on any atom is 0.241 e. The summed E-state index contributed by atoms with van der Waals surface area (Å²) in [7, 11) is 0. The molecule has 1 unspecified atom stereocenters. The monoisotopic (exact) mass is 269 g/mol. The van der Waals surface area contributed by atoms with Gasteiger partial charge >= 0.3 is 0 Å². The highest BCUT2D eigenvalue weighted by Gasteiger charge is 2.14. The second-order valence-electron chi connectivity index (χ2n) is 4.78. The van der Waals surface area contributed by atoms with Crippen molar-refractivity contribution in [3.63, 3.8) is 0 Å². The quantitative estimate of drug-likeness (QED) is 0.869. The van der Waals surface area contributed by atoms with Gasteiger partial charge in [0.05, 0.1) is 0 Å². The van der Waals surface area contributed by atoms with Crippen LogP contribution < -0.4 is 11.1 Å². The number of rotatable bonds is 5. The fourth-order valence-electron chi connectivity index (χ4n) is 1.91. The molecule has 1 aromatic carbocycles. The van der Waals surface area contributed by atoms with E-state index in [0.717, 1.165) is 23.1 Å². The number of amides is 1. The smallest absolute Gasteiger partial charge is 0.241 e. The van der Waals surface area contributed by atoms with Gasteiger partial charge in [0.15, 0.2) is 0 Å². The number of nitrogens with one attached hydrogen (secondary N) is 1. The Bertz CT molecular complexity index is 552. The Labute approximate surface area is 119 Å². The highest BCUT2D eigenvalue weighted by molar-refractivity contribution is 5.82. The number of nitrogens with zero attached hydrogens (tertiary/aromatic N) is 1. The number of carbonyl (C=O) groups is 1. The SMILES string of the molecule is Cc1ccc(C(N)C(=O)NCCc2ccncc2)cc1. The van der Waals surface area contributed by atoms with Gasteiger partial charge in [-0.25, -0.2) is 0 Å². The van der Waals surface area contributed by atoms with Crippen LogP contribution in [0.4, 0.5) is 0 Å². The fraction of sp³-hybridized carbons (Fsp3) is 0.250. The van der Waals surface area contributed by atoms with Crippen LogP contribution in [0.15, 0.2) is 48.8 Å². The number of hydrogen-bond donors (Lipinski definition) is 2. The lowest BCUT2D eigenvalue weighted by Gasteiger charge is -2.12. The van der Waals surface area contributed by atoms with Crippen molar-refractivity contribution in [2.75, 3.05) is 6.54 Å². The maximum absolute atomic E-state index is 12.0. The molecule has 0 fully saturated rings. The summed E-state index contributed by atoms with van der Waals surface area (Å²) in [6, 6.07) is 11.0. The van der Waals surface area contributed by atoms with Crippen molar-refractivity contribution in [3.05, 3.63) is 65.5 Å². The molecule has 0 aliphatic rings. The van der Waals surface area contributed by atoms with Crippen LogP contribution in [0.2, 0.25) is 0 Å². The van der Waals surface area contributed by atoms with Gasteiger partial charge in [0.25, 0.3) is 0 Å². The van der Waals surface area contributed by atoms with Crippen molar-refractivity contribution in [3.8, 4) is 0 Å². The summed E-state index contributed by atoms with van der Waals surface area (Å²) >= 11 is 0. The van der Waals surface area contributed by atoms with Crippen molar-refractivity contribution < 1.29 is 4.79 Å². The third-order valence-corrected chi connectivity index (χ3v) is 3.18. The number of pyridine rings is 1. The minimum Gasteiger partial charge on any atom is -0.354 e. The van der Waals surface area contributed by atoms with E-state index in [1.807, 2.05) is 43.3 Å². The normalized spacial score (nSPS) is 11.9. The van der Waals surface area contributed by atoms with E-state index in [-0.39, 0.29) is 5.91 Å². The standard InChI is InChI=1S/C16H19N3O/c1-12-2-4-14(5-3-12)15(17)16(20)19-11-8-13-6-9-18-10-7-13/h2-7,9-10,15H,8,11,17H2,1H3,(H,19,20). The molecule has 1 aromatic heterocycles. The van der Waals surface area contributed by atoms with Gasteiger partial charge in [-0.1, -0.05) is 29.8 Å². The first kappa shape index (κ1) is 14.2. The molecule has 1 atom stereocenters. The molecule has 1 amide bonds. The molecule has 3 N–H and O–H groups in total. The second-order valence-corrected chi connectivity index (χ2v) is 4.78. The van der Waals surface area contributed by atoms with Crippen LogP contribution in [0, 0.1) is 6.92 Å². The molecule has 0 aliphatic heterocycles. The van der Waals surface area contributed by atoms with Crippen molar-refractivity contribution in [2.45, 2.75) is 19.4 Å². The Morgan fingerprint density at radius 1 is 1.20 bits per heavy atom. The number of carbonyl (C=O) groups excluding carboxylic acids is 1. The Balaban J connectivity index is 1.84. The first-order valence-corrected chi connectivity index (χ1v) is 6.65. The molecule has 4 nitrogen and oxygen atoms in total. The summed E-state index contributed by atoms with van der Waals surface area (Å²) in [5, 5.41) is 2.86. The van der Waals surface area contributed by atoms with Crippen LogP contribution in [0.1, 0.15) is 22.7 Å². The average Bonchev–Trinajstić information content (AvgIpc) is 2.48. The van der Waals surface area contributed by atoms with Gasteiger partial charge < -0.3 is 11.1 Å². The molecule has 0 saturated heterocycles. The number of nitrogens with two attached hydrogens (primary N) is 1. The fourth-order valence-corrected chi connectivity index (χ4v) is 1.91. The van der Waals surface area contributed by atoms with Gasteiger partial charge in [0.2, 0.25) is 5.91 Å². The van der Waals surface area contributed by atoms with Gasteiger partial charge in [-0.3, -0.25) is 9.78 Å². The summed E-state index contributed by atoms with van der Waals surface area (Å²) in [5.41, 5.74) is 9.07. The second kappa shape index (κ2) is 6.82. The van der Waals surface area contributed by atoms with Crippen LogP contribution in [-0.2, 0) is 11.2 Å². The van der Waals surface area contributed by atoms with E-state index in [4.69, 9.17) is 5.73 Å². The first-order valence-electron chi connectivity index (χ1n) is 6.65. The predicted octanol–water partition coefficient (Wildman–Crippen LogP) is 1.75. The third-order valence-electron chi connectivity index (χ3n) is 3.18. The lowest BCUT2D eigenvalue weighted by molar-refractivity contribution is -0.122. The van der Waals surface area contributed by atoms with Gasteiger partial charge in [-0.15, -0.1) is 0 Å². The molecular weight excluding hydrogens is 250 g/mol. The molecule has 2 rings (SSSR count). The van der Waals surface area contributed by atoms with Gasteiger partial charge in [-0.05, 0) is 36.6 Å². The molecule has 20 heavy (non-hydrogen) atoms. The topological polar surface area (TPSA) is 68.0 Å². The van der Waals surface area contributed by atoms with Gasteiger partial charge in [0, 0.05) is 18.9 Å². The molecule has 104 valence electrons. The van der Waals surface area contributed by atoms with Crippen molar-refractivity contribution in [2.24, 2.45) is 5.73 Å². The zero-order chi connectivity index (χ0) is 14.4. The van der Waals surface area contributed by atoms with E-state index >= 15 is 0 Å². The van der Waals surface area contributed by atoms with Crippen LogP contribution in [-0.4, -0.2) is 17.4 Å². The molecule has 0 spiro atoms. The lowest BCUT2D eigenvalue weighted by Crippen LogP contribution is -2.35. The molecule has 2 aromatic rings. The van der Waals surface area contributed by atoms with Crippen molar-refractivity contribution in [1.82, 2.24) is 10.3 Å². The maximum atomic E-state index is 12.0. The zero-order valence-corrected chi connectivity index (χ0v) is 11.5. The van der Waals surface area contributed by atoms with E-state index in [1.54, 1.807) is 12.4 Å². The zero-order valence-electron chi connectivity index (χ0n) is 11.5. The Hall–Kier alpha value is -2.20. The summed E-state index contributed by atoms with van der Waals surface area (Å²) in [6.45, 7) is 2.58. The summed E-state index contributed by atoms with van der Waals surface area (Å²) in [4.78, 5) is 15.9. The Kier molecular flexibility index (Phi) is 4.85. The summed E-state index contributed by atoms with van der Waals surface area (Å²) in [5.74, 6) is -0.150. The molecule has 0 aliphatic carbocycles. The summed E-state index contributed by atoms with van der Waals surface area (Å²) in [6.07, 6.45) is 4.26. The van der Waals surface area contributed by atoms with E-state index in [9.17, 15) is 4.79 Å². The molecule has 4 heteroatoms. The number of aromatic nitrogens is 1. The molecule has 0 radical (unpaired) electrons. The van der Waals surface area contributed by atoms with E-state index < -0.39 is 6.04 Å². The summed E-state index contributed by atoms with van der Waals surface area (Å²) < 4.78 is 0. The minimum absolute atomic E-state index is 0.150. The first-order chi connectivity index (χ1) is 9.66. The van der Waals surface area contributed by atoms with Gasteiger partial charge in [0.1, 0.15) is 6.04 Å². The van der Waals surface area contributed by atoms with Gasteiger partial charge in [-0.2, -0.15) is 0 Å². The van der Waals surface area contributed by atoms with Crippen molar-refractivity contribution >= 4 is 5.91 Å². The average molecular weight is 269 g/mol. The molecule has 0 saturated carbocycles. The third kappa shape index (κ3) is 3.90. The molecule has 0 bridgehead atoms. The van der Waals surface area contributed by atoms with E-state index in [1.165, 1.54) is 0 Å². The van der Waals surface area contributed by atoms with E-state index in [2.05, 4.69) is 10.3 Å². The highest BCUT2D eigenvalue weighted by atomic mass is 16.2. The Morgan fingerprint density at radius 3 is 2.50 bits per heavy atom. The largest absolute Gasteiger partial charge is 0.354 e. The highest BCUT2D eigenvalue weighted by Crippen LogP contribution is 2.11.